The normalized spacial score (nSPS) is 15.3. The predicted molar refractivity (Wildman–Crippen MR) is 114 cm³/mol. The van der Waals surface area contributed by atoms with Gasteiger partial charge in [-0.2, -0.15) is 0 Å². The fourth-order valence-electron chi connectivity index (χ4n) is 3.73. The Balaban J connectivity index is 2.30. The molecular formula is C25H32O3. The van der Waals surface area contributed by atoms with E-state index >= 15 is 0 Å². The maximum absolute atomic E-state index is 12.6. The summed E-state index contributed by atoms with van der Waals surface area (Å²) in [6.45, 7) is 17.5. The molecule has 0 bridgehead atoms. The molecule has 0 N–H and O–H groups in total. The Kier molecular flexibility index (Phi) is 4.65. The van der Waals surface area contributed by atoms with Crippen molar-refractivity contribution in [1.29, 1.82) is 0 Å². The van der Waals surface area contributed by atoms with E-state index in [1.807, 2.05) is 12.1 Å². The number of carbonyl (C=O) groups excluding carboxylic acids is 1. The molecule has 0 aliphatic carbocycles. The van der Waals surface area contributed by atoms with Gasteiger partial charge < -0.3 is 9.47 Å². The van der Waals surface area contributed by atoms with E-state index in [1.54, 1.807) is 0 Å². The molecule has 0 amide bonds. The average Bonchev–Trinajstić information content (AvgIpc) is 2.58. The van der Waals surface area contributed by atoms with E-state index in [9.17, 15) is 4.79 Å². The maximum Gasteiger partial charge on any atom is 0.341 e. The van der Waals surface area contributed by atoms with Crippen molar-refractivity contribution in [3.05, 3.63) is 58.1 Å². The van der Waals surface area contributed by atoms with Gasteiger partial charge in [0.25, 0.3) is 0 Å². The molecule has 1 aliphatic rings. The van der Waals surface area contributed by atoms with Gasteiger partial charge in [-0.1, -0.05) is 73.6 Å². The molecule has 1 aliphatic heterocycles. The van der Waals surface area contributed by atoms with Crippen LogP contribution in [0.5, 0.6) is 11.5 Å². The Morgan fingerprint density at radius 2 is 1.46 bits per heavy atom. The summed E-state index contributed by atoms with van der Waals surface area (Å²) in [5.74, 6) is 1.05. The van der Waals surface area contributed by atoms with Crippen molar-refractivity contribution in [3.8, 4) is 11.5 Å². The Hall–Kier alpha value is -2.29. The molecule has 1 heterocycles. The lowest BCUT2D eigenvalue weighted by atomic mass is 9.71. The lowest BCUT2D eigenvalue weighted by molar-refractivity contribution is 0.0597. The fraction of sp³-hybridized carbons (Fsp3) is 0.480. The lowest BCUT2D eigenvalue weighted by Crippen LogP contribution is -2.28. The van der Waals surface area contributed by atoms with Crippen LogP contribution in [0.1, 0.15) is 88.0 Å². The summed E-state index contributed by atoms with van der Waals surface area (Å²) >= 11 is 0. The summed E-state index contributed by atoms with van der Waals surface area (Å²) in [5, 5.41) is 0. The predicted octanol–water partition coefficient (Wildman–Crippen LogP) is 6.50. The highest BCUT2D eigenvalue weighted by Crippen LogP contribution is 2.51. The van der Waals surface area contributed by atoms with Crippen LogP contribution < -0.4 is 4.74 Å². The SMILES string of the molecule is COC(=O)c1cc(C(C)(C)C)cc2c1Oc1ccc(C(C)(C)C)cc1C2(C)C. The highest BCUT2D eigenvalue weighted by atomic mass is 16.5. The van der Waals surface area contributed by atoms with E-state index in [0.29, 0.717) is 11.3 Å². The molecule has 0 unspecified atom stereocenters. The Labute approximate surface area is 169 Å². The molecule has 28 heavy (non-hydrogen) atoms. The largest absolute Gasteiger partial charge is 0.465 e. The van der Waals surface area contributed by atoms with Crippen LogP contribution in [0.2, 0.25) is 0 Å². The maximum atomic E-state index is 12.6. The summed E-state index contributed by atoms with van der Waals surface area (Å²) in [4.78, 5) is 12.6. The smallest absolute Gasteiger partial charge is 0.341 e. The summed E-state index contributed by atoms with van der Waals surface area (Å²) in [6, 6.07) is 10.5. The number of ether oxygens (including phenoxy) is 2. The number of hydrogen-bond donors (Lipinski definition) is 0. The molecule has 3 rings (SSSR count). The number of carbonyl (C=O) groups is 1. The second kappa shape index (κ2) is 6.37. The van der Waals surface area contributed by atoms with Crippen LogP contribution in [-0.4, -0.2) is 13.1 Å². The van der Waals surface area contributed by atoms with Gasteiger partial charge in [0, 0.05) is 16.5 Å². The Morgan fingerprint density at radius 1 is 0.893 bits per heavy atom. The second-order valence-electron chi connectivity index (χ2n) is 10.3. The minimum atomic E-state index is -0.368. The number of esters is 1. The first kappa shape index (κ1) is 20.4. The zero-order valence-electron chi connectivity index (χ0n) is 18.6. The molecule has 0 saturated carbocycles. The van der Waals surface area contributed by atoms with Gasteiger partial charge in [-0.3, -0.25) is 0 Å². The highest BCUT2D eigenvalue weighted by Gasteiger charge is 2.38. The number of fused-ring (bicyclic) bond motifs is 2. The van der Waals surface area contributed by atoms with Crippen molar-refractivity contribution >= 4 is 5.97 Å². The molecule has 0 saturated heterocycles. The zero-order chi connectivity index (χ0) is 21.1. The Morgan fingerprint density at radius 3 is 2.00 bits per heavy atom. The molecule has 150 valence electrons. The van der Waals surface area contributed by atoms with Gasteiger partial charge in [0.05, 0.1) is 7.11 Å². The minimum Gasteiger partial charge on any atom is -0.465 e. The van der Waals surface area contributed by atoms with Crippen LogP contribution in [0.3, 0.4) is 0 Å². The standard InChI is InChI=1S/C25H32O3/c1-23(2,3)15-10-11-20-18(13-15)25(7,8)19-14-16(24(4,5)6)12-17(21(19)28-20)22(26)27-9/h10-14H,1-9H3. The number of methoxy groups -OCH3 is 1. The number of hydrogen-bond acceptors (Lipinski definition) is 3. The first-order valence-electron chi connectivity index (χ1n) is 9.87. The molecule has 3 heteroatoms. The molecule has 0 aromatic heterocycles. The van der Waals surface area contributed by atoms with E-state index in [2.05, 4.69) is 73.6 Å². The molecule has 0 radical (unpaired) electrons. The molecule has 0 fully saturated rings. The van der Waals surface area contributed by atoms with Crippen molar-refractivity contribution in [1.82, 2.24) is 0 Å². The van der Waals surface area contributed by atoms with Crippen molar-refractivity contribution in [2.24, 2.45) is 0 Å². The van der Waals surface area contributed by atoms with Crippen molar-refractivity contribution in [2.75, 3.05) is 7.11 Å². The topological polar surface area (TPSA) is 35.5 Å². The number of benzene rings is 2. The van der Waals surface area contributed by atoms with Gasteiger partial charge in [-0.25, -0.2) is 4.79 Å². The minimum absolute atomic E-state index is 0.0514. The van der Waals surface area contributed by atoms with E-state index in [4.69, 9.17) is 9.47 Å². The van der Waals surface area contributed by atoms with Crippen molar-refractivity contribution < 1.29 is 14.3 Å². The molecule has 2 aromatic carbocycles. The summed E-state index contributed by atoms with van der Waals surface area (Å²) in [6.07, 6.45) is 0. The third-order valence-electron chi connectivity index (χ3n) is 5.76. The molecule has 0 atom stereocenters. The van der Waals surface area contributed by atoms with Crippen LogP contribution in [0.4, 0.5) is 0 Å². The van der Waals surface area contributed by atoms with E-state index < -0.39 is 0 Å². The molecule has 0 spiro atoms. The quantitative estimate of drug-likeness (QED) is 0.530. The van der Waals surface area contributed by atoms with Gasteiger partial charge in [0.15, 0.2) is 0 Å². The summed E-state index contributed by atoms with van der Waals surface area (Å²) < 4.78 is 11.4. The zero-order valence-corrected chi connectivity index (χ0v) is 18.6. The van der Waals surface area contributed by atoms with Gasteiger partial charge in [0.1, 0.15) is 17.1 Å². The van der Waals surface area contributed by atoms with Gasteiger partial charge >= 0.3 is 5.97 Å². The number of rotatable bonds is 1. The van der Waals surface area contributed by atoms with Crippen LogP contribution >= 0.6 is 0 Å². The molecular weight excluding hydrogens is 348 g/mol. The van der Waals surface area contributed by atoms with E-state index in [1.165, 1.54) is 12.7 Å². The van der Waals surface area contributed by atoms with Crippen LogP contribution in [0.25, 0.3) is 0 Å². The summed E-state index contributed by atoms with van der Waals surface area (Å²) in [7, 11) is 1.41. The average molecular weight is 381 g/mol. The lowest BCUT2D eigenvalue weighted by Gasteiger charge is -2.37. The first-order valence-corrected chi connectivity index (χ1v) is 9.87. The molecule has 2 aromatic rings. The van der Waals surface area contributed by atoms with Crippen LogP contribution in [0.15, 0.2) is 30.3 Å². The van der Waals surface area contributed by atoms with Crippen molar-refractivity contribution in [2.45, 2.75) is 71.6 Å². The first-order chi connectivity index (χ1) is 12.8. The monoisotopic (exact) mass is 380 g/mol. The van der Waals surface area contributed by atoms with Crippen molar-refractivity contribution in [3.63, 3.8) is 0 Å². The third kappa shape index (κ3) is 3.32. The third-order valence-corrected chi connectivity index (χ3v) is 5.76. The second-order valence-corrected chi connectivity index (χ2v) is 10.3. The summed E-state index contributed by atoms with van der Waals surface area (Å²) in [5.41, 5.74) is 4.69. The molecule has 3 nitrogen and oxygen atoms in total. The van der Waals surface area contributed by atoms with Crippen LogP contribution in [0, 0.1) is 0 Å². The van der Waals surface area contributed by atoms with Gasteiger partial charge in [0.2, 0.25) is 0 Å². The highest BCUT2D eigenvalue weighted by molar-refractivity contribution is 5.94. The van der Waals surface area contributed by atoms with E-state index in [-0.39, 0.29) is 22.2 Å². The van der Waals surface area contributed by atoms with Crippen LogP contribution in [-0.2, 0) is 21.0 Å². The van der Waals surface area contributed by atoms with E-state index in [0.717, 1.165) is 22.4 Å². The fourth-order valence-corrected chi connectivity index (χ4v) is 3.73. The van der Waals surface area contributed by atoms with Gasteiger partial charge in [-0.15, -0.1) is 0 Å². The van der Waals surface area contributed by atoms with Gasteiger partial charge in [-0.05, 0) is 34.1 Å². The Bertz CT molecular complexity index is 937.